The number of ether oxygens (including phenoxy) is 1. The Bertz CT molecular complexity index is 291. The van der Waals surface area contributed by atoms with Gasteiger partial charge >= 0.3 is 0 Å². The number of hydrogen-bond donors (Lipinski definition) is 2. The summed E-state index contributed by atoms with van der Waals surface area (Å²) < 4.78 is 5.13. The molecule has 0 amide bonds. The molecular weight excluding hydrogens is 242 g/mol. The van der Waals surface area contributed by atoms with Crippen LogP contribution in [0.25, 0.3) is 0 Å². The zero-order valence-corrected chi connectivity index (χ0v) is 11.4. The molecule has 92 valence electrons. The van der Waals surface area contributed by atoms with E-state index in [-0.39, 0.29) is 12.6 Å². The average molecular weight is 261 g/mol. The number of thiophene rings is 1. The molecule has 1 rings (SSSR count). The minimum absolute atomic E-state index is 0.195. The van der Waals surface area contributed by atoms with Crippen molar-refractivity contribution < 1.29 is 9.84 Å². The summed E-state index contributed by atoms with van der Waals surface area (Å²) in [7, 11) is 1.68. The number of hydrogen-bond acceptors (Lipinski definition) is 5. The second kappa shape index (κ2) is 7.95. The van der Waals surface area contributed by atoms with E-state index in [0.717, 1.165) is 23.8 Å². The van der Waals surface area contributed by atoms with Gasteiger partial charge in [0.15, 0.2) is 5.06 Å². The number of methoxy groups -OCH3 is 1. The van der Waals surface area contributed by atoms with Crippen molar-refractivity contribution in [2.45, 2.75) is 19.0 Å². The van der Waals surface area contributed by atoms with E-state index in [1.807, 2.05) is 6.07 Å². The molecule has 1 unspecified atom stereocenters. The molecule has 1 heterocycles. The molecule has 0 fully saturated rings. The van der Waals surface area contributed by atoms with Gasteiger partial charge in [0, 0.05) is 17.5 Å². The van der Waals surface area contributed by atoms with Gasteiger partial charge in [0.2, 0.25) is 0 Å². The van der Waals surface area contributed by atoms with Gasteiger partial charge in [-0.3, -0.25) is 0 Å². The van der Waals surface area contributed by atoms with E-state index >= 15 is 0 Å². The molecule has 0 spiro atoms. The Balaban J connectivity index is 2.31. The third-order valence-corrected chi connectivity index (χ3v) is 3.98. The van der Waals surface area contributed by atoms with Gasteiger partial charge in [-0.25, -0.2) is 0 Å². The van der Waals surface area contributed by atoms with Crippen molar-refractivity contribution >= 4 is 23.1 Å². The Morgan fingerprint density at radius 2 is 2.38 bits per heavy atom. The van der Waals surface area contributed by atoms with Crippen molar-refractivity contribution in [2.75, 3.05) is 25.7 Å². The van der Waals surface area contributed by atoms with Crippen LogP contribution in [0.3, 0.4) is 0 Å². The molecule has 2 N–H and O–H groups in total. The van der Waals surface area contributed by atoms with Crippen LogP contribution in [0.5, 0.6) is 5.06 Å². The molecular formula is C11H19NO2S2. The van der Waals surface area contributed by atoms with Crippen LogP contribution in [0.15, 0.2) is 12.1 Å². The summed E-state index contributed by atoms with van der Waals surface area (Å²) in [4.78, 5) is 1.24. The zero-order valence-electron chi connectivity index (χ0n) is 9.73. The SMILES string of the molecule is COc1ccc(CNC(CO)CCSC)s1. The maximum Gasteiger partial charge on any atom is 0.173 e. The lowest BCUT2D eigenvalue weighted by molar-refractivity contribution is 0.239. The molecule has 0 aromatic carbocycles. The van der Waals surface area contributed by atoms with Crippen molar-refractivity contribution in [3.8, 4) is 5.06 Å². The van der Waals surface area contributed by atoms with Gasteiger partial charge in [-0.1, -0.05) is 0 Å². The Hall–Kier alpha value is -0.230. The maximum absolute atomic E-state index is 9.19. The molecule has 16 heavy (non-hydrogen) atoms. The van der Waals surface area contributed by atoms with Crippen LogP contribution in [-0.2, 0) is 6.54 Å². The topological polar surface area (TPSA) is 41.5 Å². The van der Waals surface area contributed by atoms with E-state index in [1.165, 1.54) is 4.88 Å². The monoisotopic (exact) mass is 261 g/mol. The molecule has 0 aliphatic heterocycles. The number of aliphatic hydroxyl groups excluding tert-OH is 1. The highest BCUT2D eigenvalue weighted by atomic mass is 32.2. The highest BCUT2D eigenvalue weighted by molar-refractivity contribution is 7.98. The van der Waals surface area contributed by atoms with E-state index in [2.05, 4.69) is 17.6 Å². The van der Waals surface area contributed by atoms with Gasteiger partial charge in [-0.05, 0) is 30.6 Å². The number of nitrogens with one attached hydrogen (secondary N) is 1. The summed E-state index contributed by atoms with van der Waals surface area (Å²) in [5.41, 5.74) is 0. The summed E-state index contributed by atoms with van der Waals surface area (Å²) in [5, 5.41) is 13.5. The molecule has 0 radical (unpaired) electrons. The van der Waals surface area contributed by atoms with E-state index in [1.54, 1.807) is 30.2 Å². The first-order valence-corrected chi connectivity index (χ1v) is 7.47. The van der Waals surface area contributed by atoms with Crippen LogP contribution in [0.4, 0.5) is 0 Å². The molecule has 1 aromatic heterocycles. The van der Waals surface area contributed by atoms with Crippen LogP contribution in [0, 0.1) is 0 Å². The molecule has 3 nitrogen and oxygen atoms in total. The van der Waals surface area contributed by atoms with Crippen LogP contribution in [0.2, 0.25) is 0 Å². The predicted octanol–water partition coefficient (Wildman–Crippen LogP) is 1.96. The van der Waals surface area contributed by atoms with E-state index < -0.39 is 0 Å². The van der Waals surface area contributed by atoms with Crippen LogP contribution in [0.1, 0.15) is 11.3 Å². The lowest BCUT2D eigenvalue weighted by atomic mass is 10.2. The molecule has 0 aliphatic carbocycles. The first-order valence-electron chi connectivity index (χ1n) is 5.26. The summed E-state index contributed by atoms with van der Waals surface area (Å²) in [6.07, 6.45) is 3.08. The predicted molar refractivity (Wildman–Crippen MR) is 71.6 cm³/mol. The minimum Gasteiger partial charge on any atom is -0.487 e. The quantitative estimate of drug-likeness (QED) is 0.750. The molecule has 1 aromatic rings. The smallest absolute Gasteiger partial charge is 0.173 e. The lowest BCUT2D eigenvalue weighted by Crippen LogP contribution is -2.32. The van der Waals surface area contributed by atoms with E-state index in [9.17, 15) is 5.11 Å². The standard InChI is InChI=1S/C11H19NO2S2/c1-14-11-4-3-10(16-11)7-12-9(8-13)5-6-15-2/h3-4,9,12-13H,5-8H2,1-2H3. The third kappa shape index (κ3) is 4.74. The Morgan fingerprint density at radius 1 is 1.56 bits per heavy atom. The maximum atomic E-state index is 9.19. The molecule has 0 saturated heterocycles. The lowest BCUT2D eigenvalue weighted by Gasteiger charge is -2.14. The molecule has 5 heteroatoms. The highest BCUT2D eigenvalue weighted by Crippen LogP contribution is 2.23. The van der Waals surface area contributed by atoms with Gasteiger partial charge in [-0.2, -0.15) is 11.8 Å². The molecule has 1 atom stereocenters. The summed E-state index contributed by atoms with van der Waals surface area (Å²) in [6.45, 7) is 0.997. The fourth-order valence-electron chi connectivity index (χ4n) is 1.33. The molecule has 0 bridgehead atoms. The minimum atomic E-state index is 0.195. The largest absolute Gasteiger partial charge is 0.487 e. The summed E-state index contributed by atoms with van der Waals surface area (Å²) in [5.74, 6) is 1.08. The van der Waals surface area contributed by atoms with Crippen molar-refractivity contribution in [1.29, 1.82) is 0 Å². The average Bonchev–Trinajstić information content (AvgIpc) is 2.77. The van der Waals surface area contributed by atoms with Crippen molar-refractivity contribution in [2.24, 2.45) is 0 Å². The van der Waals surface area contributed by atoms with Crippen LogP contribution >= 0.6 is 23.1 Å². The first-order chi connectivity index (χ1) is 7.80. The van der Waals surface area contributed by atoms with E-state index in [0.29, 0.717) is 0 Å². The van der Waals surface area contributed by atoms with Gasteiger partial charge < -0.3 is 15.2 Å². The first kappa shape index (κ1) is 13.8. The summed E-state index contributed by atoms with van der Waals surface area (Å²) >= 11 is 3.44. The van der Waals surface area contributed by atoms with Gasteiger partial charge in [-0.15, -0.1) is 11.3 Å². The number of aliphatic hydroxyl groups is 1. The number of thioether (sulfide) groups is 1. The third-order valence-electron chi connectivity index (χ3n) is 2.29. The van der Waals surface area contributed by atoms with Crippen molar-refractivity contribution in [1.82, 2.24) is 5.32 Å². The second-order valence-electron chi connectivity index (χ2n) is 3.47. The van der Waals surface area contributed by atoms with E-state index in [4.69, 9.17) is 4.74 Å². The zero-order chi connectivity index (χ0) is 11.8. The van der Waals surface area contributed by atoms with Gasteiger partial charge in [0.05, 0.1) is 13.7 Å². The molecule has 0 saturated carbocycles. The normalized spacial score (nSPS) is 12.7. The Morgan fingerprint density at radius 3 is 2.94 bits per heavy atom. The van der Waals surface area contributed by atoms with Crippen LogP contribution < -0.4 is 10.1 Å². The van der Waals surface area contributed by atoms with Crippen LogP contribution in [-0.4, -0.2) is 36.9 Å². The van der Waals surface area contributed by atoms with Gasteiger partial charge in [0.1, 0.15) is 0 Å². The Kier molecular flexibility index (Phi) is 6.87. The van der Waals surface area contributed by atoms with Gasteiger partial charge in [0.25, 0.3) is 0 Å². The Labute approximate surface area is 105 Å². The summed E-state index contributed by atoms with van der Waals surface area (Å²) in [6, 6.07) is 4.22. The van der Waals surface area contributed by atoms with Crippen molar-refractivity contribution in [3.63, 3.8) is 0 Å². The number of rotatable bonds is 8. The fourth-order valence-corrected chi connectivity index (χ4v) is 2.62. The van der Waals surface area contributed by atoms with Crippen molar-refractivity contribution in [3.05, 3.63) is 17.0 Å². The fraction of sp³-hybridized carbons (Fsp3) is 0.636. The molecule has 0 aliphatic rings. The highest BCUT2D eigenvalue weighted by Gasteiger charge is 2.07. The second-order valence-corrected chi connectivity index (χ2v) is 5.58.